The number of hydrogen-bond acceptors (Lipinski definition) is 2. The van der Waals surface area contributed by atoms with Crippen molar-refractivity contribution in [2.45, 2.75) is 105 Å². The van der Waals surface area contributed by atoms with Crippen molar-refractivity contribution in [3.8, 4) is 0 Å². The first-order valence-corrected chi connectivity index (χ1v) is 9.33. The van der Waals surface area contributed by atoms with Crippen LogP contribution >= 0.6 is 0 Å². The second-order valence-corrected chi connectivity index (χ2v) is 6.19. The maximum atomic E-state index is 9.44. The van der Waals surface area contributed by atoms with Crippen LogP contribution in [0.4, 0.5) is 0 Å². The fourth-order valence-corrected chi connectivity index (χ4v) is 2.19. The molecule has 1 N–H and O–H groups in total. The van der Waals surface area contributed by atoms with E-state index >= 15 is 0 Å². The van der Waals surface area contributed by atoms with Gasteiger partial charge in [-0.05, 0) is 39.8 Å². The van der Waals surface area contributed by atoms with Crippen LogP contribution in [0, 0.1) is 0 Å². The summed E-state index contributed by atoms with van der Waals surface area (Å²) in [5.41, 5.74) is 0. The van der Waals surface area contributed by atoms with E-state index in [1.54, 1.807) is 0 Å². The molecule has 0 spiro atoms. The lowest BCUT2D eigenvalue weighted by atomic mass is 10.1. The van der Waals surface area contributed by atoms with Gasteiger partial charge < -0.3 is 10.1 Å². The summed E-state index contributed by atoms with van der Waals surface area (Å²) in [5.74, 6) is 0.167. The third kappa shape index (κ3) is 32.8. The molecule has 0 aromatic carbocycles. The average Bonchev–Trinajstić information content (AvgIpc) is 2.43. The first kappa shape index (κ1) is 22.9. The summed E-state index contributed by atoms with van der Waals surface area (Å²) in [4.78, 5) is 9.44. The van der Waals surface area contributed by atoms with Crippen LogP contribution in [-0.2, 0) is 4.79 Å². The van der Waals surface area contributed by atoms with Gasteiger partial charge in [-0.2, -0.15) is 0 Å². The number of Topliss-reactive ketones (excluding diaryl/α,β-unsaturated/α-hetero) is 1. The van der Waals surface area contributed by atoms with Gasteiger partial charge in [-0.3, -0.25) is 0 Å². The Kier molecular flexibility index (Phi) is 23.9. The molecule has 0 aromatic rings. The van der Waals surface area contributed by atoms with E-state index in [4.69, 9.17) is 0 Å². The van der Waals surface area contributed by atoms with E-state index in [0.717, 1.165) is 0 Å². The Morgan fingerprint density at radius 3 is 1.24 bits per heavy atom. The summed E-state index contributed by atoms with van der Waals surface area (Å²) in [6.45, 7) is 10.1. The Balaban J connectivity index is 0. The molecule has 2 heteroatoms. The summed E-state index contributed by atoms with van der Waals surface area (Å²) in [7, 11) is 0. The topological polar surface area (TPSA) is 29.1 Å². The molecular weight excluding hydrogens is 258 g/mol. The highest BCUT2D eigenvalue weighted by Crippen LogP contribution is 2.05. The lowest BCUT2D eigenvalue weighted by molar-refractivity contribution is -0.114. The molecule has 128 valence electrons. The van der Waals surface area contributed by atoms with Crippen molar-refractivity contribution in [3.05, 3.63) is 0 Å². The Labute approximate surface area is 134 Å². The van der Waals surface area contributed by atoms with E-state index in [1.807, 2.05) is 0 Å². The van der Waals surface area contributed by atoms with Crippen molar-refractivity contribution in [1.29, 1.82) is 0 Å². The number of rotatable bonds is 14. The number of hydrogen-bond donors (Lipinski definition) is 1. The Morgan fingerprint density at radius 2 is 0.905 bits per heavy atom. The maximum Gasteiger partial charge on any atom is 0.126 e. The smallest absolute Gasteiger partial charge is 0.126 e. The monoisotopic (exact) mass is 299 g/mol. The molecule has 0 rings (SSSR count). The van der Waals surface area contributed by atoms with Gasteiger partial charge in [0.2, 0.25) is 0 Å². The molecule has 0 bridgehead atoms. The van der Waals surface area contributed by atoms with Gasteiger partial charge in [0.05, 0.1) is 0 Å². The Hall–Kier alpha value is -0.370. The summed E-state index contributed by atoms with van der Waals surface area (Å²) in [6.07, 6.45) is 16.9. The van der Waals surface area contributed by atoms with Gasteiger partial charge in [-0.25, -0.2) is 0 Å². The van der Waals surface area contributed by atoms with Crippen molar-refractivity contribution in [1.82, 2.24) is 5.32 Å². The van der Waals surface area contributed by atoms with E-state index in [9.17, 15) is 4.79 Å². The summed E-state index contributed by atoms with van der Waals surface area (Å²) < 4.78 is 0. The van der Waals surface area contributed by atoms with Crippen molar-refractivity contribution in [2.75, 3.05) is 13.1 Å². The first-order valence-electron chi connectivity index (χ1n) is 9.33. The third-order valence-corrected chi connectivity index (χ3v) is 3.41. The molecule has 0 aliphatic carbocycles. The van der Waals surface area contributed by atoms with Gasteiger partial charge in [0.1, 0.15) is 5.78 Å². The minimum Gasteiger partial charge on any atom is -0.317 e. The van der Waals surface area contributed by atoms with Crippen molar-refractivity contribution < 1.29 is 4.79 Å². The molecule has 0 aliphatic heterocycles. The highest BCUT2D eigenvalue weighted by molar-refractivity contribution is 5.72. The highest BCUT2D eigenvalue weighted by Gasteiger charge is 1.92. The predicted octanol–water partition coefficient (Wildman–Crippen LogP) is 5.89. The average molecular weight is 300 g/mol. The molecule has 0 unspecified atom stereocenters. The second kappa shape index (κ2) is 21.9. The molecule has 0 saturated heterocycles. The van der Waals surface area contributed by atoms with Crippen LogP contribution < -0.4 is 5.32 Å². The SMILES string of the molecule is CC(C)=O.CCCCCCCCNCCCCCCCC. The van der Waals surface area contributed by atoms with Crippen LogP contribution in [0.5, 0.6) is 0 Å². The molecule has 2 nitrogen and oxygen atoms in total. The fourth-order valence-electron chi connectivity index (χ4n) is 2.19. The molecule has 0 aliphatic rings. The molecule has 0 saturated carbocycles. The predicted molar refractivity (Wildman–Crippen MR) is 96.0 cm³/mol. The van der Waals surface area contributed by atoms with Gasteiger partial charge in [0, 0.05) is 0 Å². The van der Waals surface area contributed by atoms with Gasteiger partial charge >= 0.3 is 0 Å². The molecule has 0 radical (unpaired) electrons. The number of unbranched alkanes of at least 4 members (excludes halogenated alkanes) is 10. The van der Waals surface area contributed by atoms with Gasteiger partial charge in [0.25, 0.3) is 0 Å². The number of carbonyl (C=O) groups is 1. The molecule has 0 atom stereocenters. The van der Waals surface area contributed by atoms with Crippen molar-refractivity contribution in [2.24, 2.45) is 0 Å². The fraction of sp³-hybridized carbons (Fsp3) is 0.947. The van der Waals surface area contributed by atoms with Crippen molar-refractivity contribution in [3.63, 3.8) is 0 Å². The number of ketones is 1. The quantitative estimate of drug-likeness (QED) is 0.405. The Bertz CT molecular complexity index is 174. The van der Waals surface area contributed by atoms with Crippen LogP contribution in [0.3, 0.4) is 0 Å². The van der Waals surface area contributed by atoms with Crippen LogP contribution in [-0.4, -0.2) is 18.9 Å². The largest absolute Gasteiger partial charge is 0.317 e. The van der Waals surface area contributed by atoms with E-state index in [-0.39, 0.29) is 5.78 Å². The molecule has 0 fully saturated rings. The van der Waals surface area contributed by atoms with E-state index in [1.165, 1.54) is 104 Å². The zero-order chi connectivity index (χ0) is 16.2. The molecular formula is C19H41NO. The summed E-state index contributed by atoms with van der Waals surface area (Å²) in [5, 5.41) is 3.57. The summed E-state index contributed by atoms with van der Waals surface area (Å²) in [6, 6.07) is 0. The van der Waals surface area contributed by atoms with Gasteiger partial charge in [-0.15, -0.1) is 0 Å². The minimum absolute atomic E-state index is 0.167. The lowest BCUT2D eigenvalue weighted by Gasteiger charge is -2.04. The van der Waals surface area contributed by atoms with Crippen LogP contribution in [0.2, 0.25) is 0 Å². The molecule has 21 heavy (non-hydrogen) atoms. The summed E-state index contributed by atoms with van der Waals surface area (Å²) >= 11 is 0. The van der Waals surface area contributed by atoms with Crippen molar-refractivity contribution >= 4 is 5.78 Å². The second-order valence-electron chi connectivity index (χ2n) is 6.19. The lowest BCUT2D eigenvalue weighted by Crippen LogP contribution is -2.16. The molecule has 0 heterocycles. The normalized spacial score (nSPS) is 10.1. The number of carbonyl (C=O) groups excluding carboxylic acids is 1. The van der Waals surface area contributed by atoms with Gasteiger partial charge in [0.15, 0.2) is 0 Å². The molecule has 0 aromatic heterocycles. The molecule has 0 amide bonds. The zero-order valence-electron chi connectivity index (χ0n) is 15.3. The standard InChI is InChI=1S/C16H35N.C3H6O/c1-3-5-7-9-11-13-15-17-16-14-12-10-8-6-4-2;1-3(2)4/h17H,3-16H2,1-2H3;1-2H3. The number of nitrogens with one attached hydrogen (secondary N) is 1. The highest BCUT2D eigenvalue weighted by atomic mass is 16.1. The van der Waals surface area contributed by atoms with Gasteiger partial charge in [-0.1, -0.05) is 78.1 Å². The first-order chi connectivity index (χ1) is 10.1. The van der Waals surface area contributed by atoms with Crippen LogP contribution in [0.25, 0.3) is 0 Å². The zero-order valence-corrected chi connectivity index (χ0v) is 15.3. The van der Waals surface area contributed by atoms with E-state index in [2.05, 4.69) is 19.2 Å². The minimum atomic E-state index is 0.167. The maximum absolute atomic E-state index is 9.44. The van der Waals surface area contributed by atoms with Crippen LogP contribution in [0.1, 0.15) is 105 Å². The Morgan fingerprint density at radius 1 is 0.619 bits per heavy atom. The third-order valence-electron chi connectivity index (χ3n) is 3.41. The van der Waals surface area contributed by atoms with Crippen LogP contribution in [0.15, 0.2) is 0 Å². The van der Waals surface area contributed by atoms with E-state index < -0.39 is 0 Å². The van der Waals surface area contributed by atoms with E-state index in [0.29, 0.717) is 0 Å².